The Kier molecular flexibility index (Phi) is 2.29. The predicted molar refractivity (Wildman–Crippen MR) is 59.0 cm³/mol. The van der Waals surface area contributed by atoms with Gasteiger partial charge in [0, 0.05) is 0 Å². The quantitative estimate of drug-likeness (QED) is 0.703. The van der Waals surface area contributed by atoms with E-state index in [4.69, 9.17) is 4.74 Å². The highest BCUT2D eigenvalue weighted by atomic mass is 16.5. The van der Waals surface area contributed by atoms with E-state index in [0.717, 1.165) is 17.7 Å². The Hall–Kier alpha value is -1.31. The lowest BCUT2D eigenvalue weighted by Crippen LogP contribution is -2.45. The van der Waals surface area contributed by atoms with Gasteiger partial charge in [0.05, 0.1) is 5.92 Å². The van der Waals surface area contributed by atoms with Crippen LogP contribution >= 0.6 is 0 Å². The van der Waals surface area contributed by atoms with E-state index in [-0.39, 0.29) is 17.3 Å². The van der Waals surface area contributed by atoms with Crippen LogP contribution in [0.4, 0.5) is 0 Å². The van der Waals surface area contributed by atoms with Gasteiger partial charge in [-0.1, -0.05) is 18.2 Å². The number of hydrogen-bond donors (Lipinski definition) is 0. The zero-order valence-corrected chi connectivity index (χ0v) is 9.41. The summed E-state index contributed by atoms with van der Waals surface area (Å²) in [6.45, 7) is 5.60. The Balaban J connectivity index is 2.40. The molecule has 0 aliphatic carbocycles. The van der Waals surface area contributed by atoms with E-state index in [1.54, 1.807) is 6.92 Å². The van der Waals surface area contributed by atoms with Crippen molar-refractivity contribution in [2.24, 2.45) is 5.92 Å². The third-order valence-corrected chi connectivity index (χ3v) is 3.10. The summed E-state index contributed by atoms with van der Waals surface area (Å²) in [5.74, 6) is 1.09. The fourth-order valence-corrected chi connectivity index (χ4v) is 2.23. The lowest BCUT2D eigenvalue weighted by Gasteiger charge is -2.38. The van der Waals surface area contributed by atoms with Crippen LogP contribution in [0, 0.1) is 5.92 Å². The zero-order valence-electron chi connectivity index (χ0n) is 9.41. The van der Waals surface area contributed by atoms with Gasteiger partial charge in [-0.15, -0.1) is 0 Å². The molecule has 1 aromatic rings. The van der Waals surface area contributed by atoms with Crippen molar-refractivity contribution in [3.05, 3.63) is 29.8 Å². The molecule has 1 aliphatic rings. The molecular weight excluding hydrogens is 188 g/mol. The molecule has 0 aromatic heterocycles. The second kappa shape index (κ2) is 3.37. The molecule has 0 fully saturated rings. The molecule has 2 heteroatoms. The number of para-hydroxylation sites is 1. The van der Waals surface area contributed by atoms with Crippen molar-refractivity contribution in [3.8, 4) is 5.75 Å². The van der Waals surface area contributed by atoms with Gasteiger partial charge < -0.3 is 4.74 Å². The third-order valence-electron chi connectivity index (χ3n) is 3.10. The number of fused-ring (bicyclic) bond motifs is 1. The van der Waals surface area contributed by atoms with Crippen molar-refractivity contribution in [2.45, 2.75) is 32.8 Å². The van der Waals surface area contributed by atoms with Gasteiger partial charge in [-0.05, 0) is 38.8 Å². The summed E-state index contributed by atoms with van der Waals surface area (Å²) < 4.78 is 5.87. The summed E-state index contributed by atoms with van der Waals surface area (Å²) >= 11 is 0. The number of ketones is 1. The van der Waals surface area contributed by atoms with E-state index in [2.05, 4.69) is 0 Å². The third kappa shape index (κ3) is 1.76. The van der Waals surface area contributed by atoms with E-state index in [1.165, 1.54) is 0 Å². The standard InChI is InChI=1S/C13H16O2/c1-9(14)11-8-10-6-4-5-7-12(10)15-13(11,2)3/h4-7,11H,8H2,1-3H3. The van der Waals surface area contributed by atoms with Crippen LogP contribution in [0.2, 0.25) is 0 Å². The van der Waals surface area contributed by atoms with Crippen LogP contribution in [0.15, 0.2) is 24.3 Å². The van der Waals surface area contributed by atoms with E-state index >= 15 is 0 Å². The van der Waals surface area contributed by atoms with Gasteiger partial charge in [-0.3, -0.25) is 4.79 Å². The molecule has 2 rings (SSSR count). The Bertz CT molecular complexity index is 393. The summed E-state index contributed by atoms with van der Waals surface area (Å²) in [6.07, 6.45) is 0.790. The van der Waals surface area contributed by atoms with Gasteiger partial charge in [0.15, 0.2) is 0 Å². The van der Waals surface area contributed by atoms with Crippen molar-refractivity contribution in [1.29, 1.82) is 0 Å². The van der Waals surface area contributed by atoms with Crippen LogP contribution in [-0.4, -0.2) is 11.4 Å². The summed E-state index contributed by atoms with van der Waals surface area (Å²) in [5.41, 5.74) is 0.747. The smallest absolute Gasteiger partial charge is 0.137 e. The number of carbonyl (C=O) groups is 1. The maximum atomic E-state index is 11.5. The first kappa shape index (κ1) is 10.2. The van der Waals surface area contributed by atoms with Crippen molar-refractivity contribution in [1.82, 2.24) is 0 Å². The highest BCUT2D eigenvalue weighted by molar-refractivity contribution is 5.80. The van der Waals surface area contributed by atoms with Gasteiger partial charge in [0.25, 0.3) is 0 Å². The van der Waals surface area contributed by atoms with E-state index in [9.17, 15) is 4.79 Å². The maximum absolute atomic E-state index is 11.5. The number of Topliss-reactive ketones (excluding diaryl/α,β-unsaturated/α-hetero) is 1. The predicted octanol–water partition coefficient (Wildman–Crippen LogP) is 2.61. The average molecular weight is 204 g/mol. The van der Waals surface area contributed by atoms with Crippen molar-refractivity contribution >= 4 is 5.78 Å². The number of carbonyl (C=O) groups excluding carboxylic acids is 1. The lowest BCUT2D eigenvalue weighted by molar-refractivity contribution is -0.127. The molecule has 1 unspecified atom stereocenters. The molecule has 2 nitrogen and oxygen atoms in total. The zero-order chi connectivity index (χ0) is 11.1. The Labute approximate surface area is 90.3 Å². The van der Waals surface area contributed by atoms with Gasteiger partial charge in [0.2, 0.25) is 0 Å². The normalized spacial score (nSPS) is 22.7. The van der Waals surface area contributed by atoms with Gasteiger partial charge in [0.1, 0.15) is 17.1 Å². The number of ether oxygens (including phenoxy) is 1. The van der Waals surface area contributed by atoms with E-state index < -0.39 is 0 Å². The Morgan fingerprint density at radius 1 is 1.40 bits per heavy atom. The topological polar surface area (TPSA) is 26.3 Å². The summed E-state index contributed by atoms with van der Waals surface area (Å²) in [5, 5.41) is 0. The molecule has 1 atom stereocenters. The van der Waals surface area contributed by atoms with Crippen molar-refractivity contribution in [3.63, 3.8) is 0 Å². The van der Waals surface area contributed by atoms with Crippen LogP contribution < -0.4 is 4.74 Å². The molecule has 0 bridgehead atoms. The molecule has 1 aliphatic heterocycles. The van der Waals surface area contributed by atoms with Crippen LogP contribution in [-0.2, 0) is 11.2 Å². The minimum atomic E-state index is -0.389. The Morgan fingerprint density at radius 3 is 2.73 bits per heavy atom. The molecular formula is C13H16O2. The van der Waals surface area contributed by atoms with Crippen molar-refractivity contribution in [2.75, 3.05) is 0 Å². The van der Waals surface area contributed by atoms with Crippen molar-refractivity contribution < 1.29 is 9.53 Å². The first-order valence-electron chi connectivity index (χ1n) is 5.28. The molecule has 0 radical (unpaired) electrons. The van der Waals surface area contributed by atoms with Crippen LogP contribution in [0.5, 0.6) is 5.75 Å². The highest BCUT2D eigenvalue weighted by Crippen LogP contribution is 2.36. The molecule has 1 aromatic carbocycles. The SMILES string of the molecule is CC(=O)C1Cc2ccccc2OC1(C)C. The fourth-order valence-electron chi connectivity index (χ4n) is 2.23. The fraction of sp³-hybridized carbons (Fsp3) is 0.462. The second-order valence-electron chi connectivity index (χ2n) is 4.68. The summed E-state index contributed by atoms with van der Waals surface area (Å²) in [7, 11) is 0. The second-order valence-corrected chi connectivity index (χ2v) is 4.68. The largest absolute Gasteiger partial charge is 0.487 e. The lowest BCUT2D eigenvalue weighted by atomic mass is 9.80. The first-order valence-corrected chi connectivity index (χ1v) is 5.28. The summed E-state index contributed by atoms with van der Waals surface area (Å²) in [4.78, 5) is 11.5. The van der Waals surface area contributed by atoms with Crippen LogP contribution in [0.3, 0.4) is 0 Å². The molecule has 15 heavy (non-hydrogen) atoms. The maximum Gasteiger partial charge on any atom is 0.137 e. The molecule has 0 N–H and O–H groups in total. The first-order chi connectivity index (χ1) is 7.00. The minimum Gasteiger partial charge on any atom is -0.487 e. The monoisotopic (exact) mass is 204 g/mol. The molecule has 80 valence electrons. The minimum absolute atomic E-state index is 0.0348. The number of benzene rings is 1. The summed E-state index contributed by atoms with van der Waals surface area (Å²) in [6, 6.07) is 7.94. The van der Waals surface area contributed by atoms with Crippen LogP contribution in [0.25, 0.3) is 0 Å². The number of rotatable bonds is 1. The Morgan fingerprint density at radius 2 is 2.07 bits per heavy atom. The molecule has 1 heterocycles. The molecule has 0 amide bonds. The molecule has 0 saturated carbocycles. The van der Waals surface area contributed by atoms with Gasteiger partial charge >= 0.3 is 0 Å². The molecule has 0 spiro atoms. The highest BCUT2D eigenvalue weighted by Gasteiger charge is 2.39. The van der Waals surface area contributed by atoms with E-state index in [0.29, 0.717) is 0 Å². The van der Waals surface area contributed by atoms with Gasteiger partial charge in [-0.25, -0.2) is 0 Å². The van der Waals surface area contributed by atoms with Gasteiger partial charge in [-0.2, -0.15) is 0 Å². The average Bonchev–Trinajstić information content (AvgIpc) is 2.14. The number of hydrogen-bond acceptors (Lipinski definition) is 2. The molecule has 0 saturated heterocycles. The van der Waals surface area contributed by atoms with E-state index in [1.807, 2.05) is 38.1 Å². The van der Waals surface area contributed by atoms with Crippen LogP contribution in [0.1, 0.15) is 26.3 Å².